The number of rotatable bonds is 4. The van der Waals surface area contributed by atoms with Gasteiger partial charge >= 0.3 is 0 Å². The summed E-state index contributed by atoms with van der Waals surface area (Å²) < 4.78 is 0. The summed E-state index contributed by atoms with van der Waals surface area (Å²) in [4.78, 5) is 13.8. The molecule has 2 unspecified atom stereocenters. The molecular formula is C14H18BrNOS. The molecule has 2 atom stereocenters. The molecule has 4 heteroatoms. The Bertz CT molecular complexity index is 436. The third-order valence-electron chi connectivity index (χ3n) is 3.21. The maximum atomic E-state index is 12.2. The summed E-state index contributed by atoms with van der Waals surface area (Å²) in [6, 6.07) is 8.19. The van der Waals surface area contributed by atoms with Gasteiger partial charge in [0.25, 0.3) is 0 Å². The molecule has 2 nitrogen and oxygen atoms in total. The molecule has 2 rings (SSSR count). The van der Waals surface area contributed by atoms with E-state index in [1.54, 1.807) is 11.8 Å². The van der Waals surface area contributed by atoms with Crippen molar-refractivity contribution in [2.24, 2.45) is 5.92 Å². The van der Waals surface area contributed by atoms with E-state index in [0.29, 0.717) is 17.3 Å². The lowest BCUT2D eigenvalue weighted by Crippen LogP contribution is -2.35. The van der Waals surface area contributed by atoms with Gasteiger partial charge in [0.05, 0.1) is 5.92 Å². The number of alkyl halides is 1. The van der Waals surface area contributed by atoms with Crippen molar-refractivity contribution >= 4 is 33.6 Å². The van der Waals surface area contributed by atoms with E-state index in [1.165, 1.54) is 10.5 Å². The fourth-order valence-electron chi connectivity index (χ4n) is 1.94. The first kappa shape index (κ1) is 13.9. The summed E-state index contributed by atoms with van der Waals surface area (Å²) in [5.74, 6) is 1.55. The normalized spacial score (nSPS) is 19.7. The average Bonchev–Trinajstić information content (AvgIpc) is 2.79. The summed E-state index contributed by atoms with van der Waals surface area (Å²) in [6.45, 7) is 4.98. The van der Waals surface area contributed by atoms with Crippen LogP contribution in [0.15, 0.2) is 29.2 Å². The van der Waals surface area contributed by atoms with Crippen molar-refractivity contribution in [2.75, 3.05) is 12.3 Å². The van der Waals surface area contributed by atoms with Crippen LogP contribution in [0.5, 0.6) is 0 Å². The molecule has 0 radical (unpaired) electrons. The summed E-state index contributed by atoms with van der Waals surface area (Å²) in [5, 5.41) is 3.05. The molecule has 1 aromatic rings. The molecule has 0 fully saturated rings. The number of hydrogen-bond acceptors (Lipinski definition) is 2. The Labute approximate surface area is 121 Å². The number of halogens is 1. The standard InChI is InChI=1S/C14H18BrNOS/c1-9(2)12(15)7-16-14(17)11-8-18-13-6-4-3-5-10(11)13/h3-6,9,11-12H,7-8H2,1-2H3,(H,16,17). The highest BCUT2D eigenvalue weighted by atomic mass is 79.9. The highest BCUT2D eigenvalue weighted by molar-refractivity contribution is 9.09. The predicted octanol–water partition coefficient (Wildman–Crippen LogP) is 3.41. The number of hydrogen-bond donors (Lipinski definition) is 1. The molecular weight excluding hydrogens is 310 g/mol. The van der Waals surface area contributed by atoms with E-state index < -0.39 is 0 Å². The Kier molecular flexibility index (Phi) is 4.73. The van der Waals surface area contributed by atoms with E-state index in [2.05, 4.69) is 47.2 Å². The Hall–Kier alpha value is -0.480. The number of carbonyl (C=O) groups is 1. The van der Waals surface area contributed by atoms with E-state index in [-0.39, 0.29) is 11.8 Å². The first-order chi connectivity index (χ1) is 8.59. The second kappa shape index (κ2) is 6.11. The highest BCUT2D eigenvalue weighted by Gasteiger charge is 2.29. The SMILES string of the molecule is CC(C)C(Br)CNC(=O)C1CSc2ccccc21. The third kappa shape index (κ3) is 3.09. The van der Waals surface area contributed by atoms with Gasteiger partial charge in [0.2, 0.25) is 5.91 Å². The molecule has 0 spiro atoms. The van der Waals surface area contributed by atoms with Crippen molar-refractivity contribution in [3.8, 4) is 0 Å². The Balaban J connectivity index is 1.95. The molecule has 1 amide bonds. The Morgan fingerprint density at radius 2 is 2.22 bits per heavy atom. The summed E-state index contributed by atoms with van der Waals surface area (Å²) >= 11 is 5.36. The molecule has 98 valence electrons. The van der Waals surface area contributed by atoms with Crippen molar-refractivity contribution in [3.63, 3.8) is 0 Å². The van der Waals surface area contributed by atoms with Crippen molar-refractivity contribution in [2.45, 2.75) is 29.5 Å². The van der Waals surface area contributed by atoms with Crippen molar-refractivity contribution in [1.29, 1.82) is 0 Å². The molecule has 1 N–H and O–H groups in total. The molecule has 1 aliphatic heterocycles. The van der Waals surface area contributed by atoms with E-state index in [4.69, 9.17) is 0 Å². The van der Waals surface area contributed by atoms with Crippen LogP contribution in [0.4, 0.5) is 0 Å². The molecule has 1 aromatic carbocycles. The second-order valence-electron chi connectivity index (χ2n) is 4.91. The molecule has 0 aliphatic carbocycles. The van der Waals surface area contributed by atoms with E-state index in [9.17, 15) is 4.79 Å². The summed E-state index contributed by atoms with van der Waals surface area (Å²) in [6.07, 6.45) is 0. The fraction of sp³-hybridized carbons (Fsp3) is 0.500. The first-order valence-corrected chi connectivity index (χ1v) is 8.13. The zero-order chi connectivity index (χ0) is 13.1. The molecule has 0 bridgehead atoms. The number of benzene rings is 1. The van der Waals surface area contributed by atoms with Crippen molar-refractivity contribution in [3.05, 3.63) is 29.8 Å². The van der Waals surface area contributed by atoms with Crippen LogP contribution in [0.25, 0.3) is 0 Å². The Morgan fingerprint density at radius 1 is 1.50 bits per heavy atom. The lowest BCUT2D eigenvalue weighted by Gasteiger charge is -2.17. The molecule has 0 aromatic heterocycles. The van der Waals surface area contributed by atoms with Crippen molar-refractivity contribution in [1.82, 2.24) is 5.32 Å². The van der Waals surface area contributed by atoms with Crippen molar-refractivity contribution < 1.29 is 4.79 Å². The average molecular weight is 328 g/mol. The lowest BCUT2D eigenvalue weighted by atomic mass is 10.0. The number of carbonyl (C=O) groups excluding carboxylic acids is 1. The zero-order valence-corrected chi connectivity index (χ0v) is 13.1. The van der Waals surface area contributed by atoms with Gasteiger partial charge in [-0.2, -0.15) is 0 Å². The molecule has 18 heavy (non-hydrogen) atoms. The fourth-order valence-corrected chi connectivity index (χ4v) is 3.33. The first-order valence-electron chi connectivity index (χ1n) is 6.23. The summed E-state index contributed by atoms with van der Waals surface area (Å²) in [5.41, 5.74) is 1.18. The van der Waals surface area contributed by atoms with Crippen LogP contribution in [0.1, 0.15) is 25.3 Å². The van der Waals surface area contributed by atoms with Crippen LogP contribution in [0.2, 0.25) is 0 Å². The minimum absolute atomic E-state index is 0.0121. The van der Waals surface area contributed by atoms with Gasteiger partial charge in [-0.05, 0) is 17.5 Å². The maximum absolute atomic E-state index is 12.2. The smallest absolute Gasteiger partial charge is 0.228 e. The number of thioether (sulfide) groups is 1. The zero-order valence-electron chi connectivity index (χ0n) is 10.7. The molecule has 1 aliphatic rings. The maximum Gasteiger partial charge on any atom is 0.228 e. The van der Waals surface area contributed by atoms with Gasteiger partial charge in [-0.1, -0.05) is 48.0 Å². The third-order valence-corrected chi connectivity index (χ3v) is 5.77. The van der Waals surface area contributed by atoms with Crippen LogP contribution in [-0.4, -0.2) is 23.0 Å². The molecule has 1 heterocycles. The number of fused-ring (bicyclic) bond motifs is 1. The van der Waals surface area contributed by atoms with Gasteiger partial charge in [0.15, 0.2) is 0 Å². The van der Waals surface area contributed by atoms with E-state index in [1.807, 2.05) is 12.1 Å². The predicted molar refractivity (Wildman–Crippen MR) is 80.5 cm³/mol. The van der Waals surface area contributed by atoms with Gasteiger partial charge in [-0.15, -0.1) is 11.8 Å². The monoisotopic (exact) mass is 327 g/mol. The second-order valence-corrected chi connectivity index (χ2v) is 7.14. The van der Waals surface area contributed by atoms with Gasteiger partial charge in [0.1, 0.15) is 0 Å². The Morgan fingerprint density at radius 3 is 2.94 bits per heavy atom. The van der Waals surface area contributed by atoms with Gasteiger partial charge in [0, 0.05) is 22.0 Å². The quantitative estimate of drug-likeness (QED) is 0.858. The van der Waals surface area contributed by atoms with Gasteiger partial charge in [-0.25, -0.2) is 0 Å². The summed E-state index contributed by atoms with van der Waals surface area (Å²) in [7, 11) is 0. The van der Waals surface area contributed by atoms with E-state index >= 15 is 0 Å². The van der Waals surface area contributed by atoms with Crippen LogP contribution >= 0.6 is 27.7 Å². The van der Waals surface area contributed by atoms with E-state index in [0.717, 1.165) is 5.75 Å². The molecule has 0 saturated carbocycles. The number of nitrogens with one attached hydrogen (secondary N) is 1. The minimum atomic E-state index is 0.0121. The minimum Gasteiger partial charge on any atom is -0.354 e. The molecule has 0 saturated heterocycles. The highest BCUT2D eigenvalue weighted by Crippen LogP contribution is 2.39. The van der Waals surface area contributed by atoms with Gasteiger partial charge in [-0.3, -0.25) is 4.79 Å². The number of amides is 1. The van der Waals surface area contributed by atoms with Gasteiger partial charge < -0.3 is 5.32 Å². The largest absolute Gasteiger partial charge is 0.354 e. The van der Waals surface area contributed by atoms with Crippen LogP contribution in [0, 0.1) is 5.92 Å². The van der Waals surface area contributed by atoms with Crippen LogP contribution in [0.3, 0.4) is 0 Å². The van der Waals surface area contributed by atoms with Crippen LogP contribution in [-0.2, 0) is 4.79 Å². The lowest BCUT2D eigenvalue weighted by molar-refractivity contribution is -0.122. The topological polar surface area (TPSA) is 29.1 Å². The van der Waals surface area contributed by atoms with Crippen LogP contribution < -0.4 is 5.32 Å².